The molecule has 1 saturated heterocycles. The van der Waals surface area contributed by atoms with Gasteiger partial charge in [-0.05, 0) is 6.42 Å². The van der Waals surface area contributed by atoms with Crippen molar-refractivity contribution in [1.82, 2.24) is 19.6 Å². The van der Waals surface area contributed by atoms with Gasteiger partial charge in [-0.25, -0.2) is 0 Å². The molecule has 1 aliphatic rings. The number of hydrogen-bond donors (Lipinski definition) is 4. The molecule has 1 aliphatic heterocycles. The summed E-state index contributed by atoms with van der Waals surface area (Å²) in [5.41, 5.74) is 0. The molecule has 0 saturated carbocycles. The number of aliphatic hydroxyl groups excluding tert-OH is 1. The largest absolute Gasteiger partial charge is 0.480 e. The summed E-state index contributed by atoms with van der Waals surface area (Å²) in [6.07, 6.45) is 2.11. The van der Waals surface area contributed by atoms with Crippen LogP contribution in [0.1, 0.15) is 26.2 Å². The molecule has 0 aromatic carbocycles. The van der Waals surface area contributed by atoms with Gasteiger partial charge in [0.15, 0.2) is 0 Å². The first kappa shape index (κ1) is 27.2. The molecule has 1 unspecified atom stereocenters. The number of carboxylic acid groups (broad SMARTS) is 3. The summed E-state index contributed by atoms with van der Waals surface area (Å²) in [6, 6.07) is 0. The molecule has 180 valence electrons. The van der Waals surface area contributed by atoms with E-state index in [1.807, 2.05) is 0 Å². The van der Waals surface area contributed by atoms with Gasteiger partial charge in [-0.1, -0.05) is 19.8 Å². The summed E-state index contributed by atoms with van der Waals surface area (Å²) in [5, 5.41) is 38.0. The minimum atomic E-state index is -0.978. The fraction of sp³-hybridized carbons (Fsp3) is 0.850. The summed E-state index contributed by atoms with van der Waals surface area (Å²) in [5.74, 6) is -2.87. The number of nitrogens with zero attached hydrogens (tertiary/aromatic N) is 4. The first-order chi connectivity index (χ1) is 14.7. The van der Waals surface area contributed by atoms with Crippen molar-refractivity contribution in [2.75, 3.05) is 78.5 Å². The van der Waals surface area contributed by atoms with Crippen molar-refractivity contribution in [3.05, 3.63) is 0 Å². The molecular formula is C20H38N4O7. The molecule has 0 aromatic heterocycles. The van der Waals surface area contributed by atoms with Gasteiger partial charge in [-0.2, -0.15) is 0 Å². The Bertz CT molecular complexity index is 532. The Morgan fingerprint density at radius 3 is 1.29 bits per heavy atom. The lowest BCUT2D eigenvalue weighted by molar-refractivity contribution is -0.140. The summed E-state index contributed by atoms with van der Waals surface area (Å²) >= 11 is 0. The van der Waals surface area contributed by atoms with Crippen molar-refractivity contribution in [3.8, 4) is 0 Å². The number of hydrogen-bond acceptors (Lipinski definition) is 8. The molecule has 11 nitrogen and oxygen atoms in total. The molecule has 1 heterocycles. The molecule has 1 atom stereocenters. The number of unbranched alkanes of at least 4 members (excludes halogenated alkanes) is 1. The van der Waals surface area contributed by atoms with E-state index in [0.717, 1.165) is 12.8 Å². The van der Waals surface area contributed by atoms with Gasteiger partial charge >= 0.3 is 17.9 Å². The quantitative estimate of drug-likeness (QED) is 0.310. The predicted octanol–water partition coefficient (Wildman–Crippen LogP) is -0.987. The van der Waals surface area contributed by atoms with Crippen molar-refractivity contribution in [3.63, 3.8) is 0 Å². The zero-order valence-corrected chi connectivity index (χ0v) is 18.5. The zero-order chi connectivity index (χ0) is 23.2. The molecule has 0 amide bonds. The van der Waals surface area contributed by atoms with E-state index < -0.39 is 24.0 Å². The van der Waals surface area contributed by atoms with Crippen LogP contribution in [0.5, 0.6) is 0 Å². The Morgan fingerprint density at radius 1 is 0.677 bits per heavy atom. The van der Waals surface area contributed by atoms with E-state index in [4.69, 9.17) is 5.11 Å². The molecule has 0 radical (unpaired) electrons. The Kier molecular flexibility index (Phi) is 13.3. The summed E-state index contributed by atoms with van der Waals surface area (Å²) in [7, 11) is 0. The van der Waals surface area contributed by atoms with E-state index in [1.165, 1.54) is 0 Å². The van der Waals surface area contributed by atoms with E-state index in [2.05, 4.69) is 11.8 Å². The highest BCUT2D eigenvalue weighted by molar-refractivity contribution is 5.69. The van der Waals surface area contributed by atoms with Crippen molar-refractivity contribution in [1.29, 1.82) is 0 Å². The standard InChI is InChI=1S/C20H38N4O7/c1-2-3-4-17(25)13-21-5-7-22(14-18(26)27)9-11-24(16-20(30)31)12-10-23(8-6-21)15-19(28)29/h17,25H,2-16H2,1H3,(H,26,27)(H,28,29)(H,30,31). The Morgan fingerprint density at radius 2 is 1.00 bits per heavy atom. The maximum atomic E-state index is 11.3. The Labute approximate surface area is 183 Å². The molecule has 11 heteroatoms. The maximum Gasteiger partial charge on any atom is 0.317 e. The molecule has 0 spiro atoms. The highest BCUT2D eigenvalue weighted by Crippen LogP contribution is 2.06. The highest BCUT2D eigenvalue weighted by atomic mass is 16.4. The van der Waals surface area contributed by atoms with Gasteiger partial charge in [0.25, 0.3) is 0 Å². The van der Waals surface area contributed by atoms with Crippen molar-refractivity contribution >= 4 is 17.9 Å². The average molecular weight is 447 g/mol. The fourth-order valence-electron chi connectivity index (χ4n) is 3.64. The second kappa shape index (κ2) is 15.1. The number of aliphatic hydroxyl groups is 1. The van der Waals surface area contributed by atoms with Crippen molar-refractivity contribution < 1.29 is 34.8 Å². The Balaban J connectivity index is 2.90. The molecular weight excluding hydrogens is 408 g/mol. The summed E-state index contributed by atoms with van der Waals surface area (Å²) in [4.78, 5) is 41.0. The maximum absolute atomic E-state index is 11.3. The summed E-state index contributed by atoms with van der Waals surface area (Å²) in [6.45, 7) is 5.59. The van der Waals surface area contributed by atoms with Gasteiger partial charge in [0.2, 0.25) is 0 Å². The average Bonchev–Trinajstić information content (AvgIpc) is 2.67. The normalized spacial score (nSPS) is 19.9. The lowest BCUT2D eigenvalue weighted by atomic mass is 10.1. The second-order valence-corrected chi connectivity index (χ2v) is 8.11. The SMILES string of the molecule is CCCCC(O)CN1CCN(CC(=O)O)CCN(CC(=O)O)CCN(CC(=O)O)CC1. The van der Waals surface area contributed by atoms with E-state index in [0.29, 0.717) is 65.3 Å². The van der Waals surface area contributed by atoms with Crippen molar-refractivity contribution in [2.45, 2.75) is 32.3 Å². The van der Waals surface area contributed by atoms with Crippen LogP contribution >= 0.6 is 0 Å². The number of β-amino-alcohol motifs (C(OH)–C–C–N with tert-alkyl or cyclic N) is 1. The first-order valence-electron chi connectivity index (χ1n) is 10.9. The molecule has 0 aromatic rings. The van der Waals surface area contributed by atoms with E-state index in [1.54, 1.807) is 14.7 Å². The van der Waals surface area contributed by atoms with Gasteiger partial charge in [-0.15, -0.1) is 0 Å². The number of carboxylic acids is 3. The monoisotopic (exact) mass is 446 g/mol. The third-order valence-electron chi connectivity index (χ3n) is 5.37. The molecule has 1 fully saturated rings. The van der Waals surface area contributed by atoms with Gasteiger partial charge < -0.3 is 20.4 Å². The van der Waals surface area contributed by atoms with Crippen LogP contribution in [-0.2, 0) is 14.4 Å². The molecule has 0 aliphatic carbocycles. The lowest BCUT2D eigenvalue weighted by Crippen LogP contribution is -2.49. The predicted molar refractivity (Wildman–Crippen MR) is 114 cm³/mol. The molecule has 0 bridgehead atoms. The highest BCUT2D eigenvalue weighted by Gasteiger charge is 2.21. The van der Waals surface area contributed by atoms with Crippen LogP contribution in [0.3, 0.4) is 0 Å². The summed E-state index contributed by atoms with van der Waals surface area (Å²) < 4.78 is 0. The van der Waals surface area contributed by atoms with Gasteiger partial charge in [0.1, 0.15) is 0 Å². The number of carbonyl (C=O) groups is 3. The lowest BCUT2D eigenvalue weighted by Gasteiger charge is -2.33. The topological polar surface area (TPSA) is 145 Å². The van der Waals surface area contributed by atoms with Crippen LogP contribution in [-0.4, -0.2) is 143 Å². The van der Waals surface area contributed by atoms with Crippen LogP contribution in [0.25, 0.3) is 0 Å². The van der Waals surface area contributed by atoms with Crippen LogP contribution in [0.15, 0.2) is 0 Å². The van der Waals surface area contributed by atoms with Crippen LogP contribution in [0, 0.1) is 0 Å². The molecule has 31 heavy (non-hydrogen) atoms. The fourth-order valence-corrected chi connectivity index (χ4v) is 3.64. The number of aliphatic carboxylic acids is 3. The molecule has 1 rings (SSSR count). The number of rotatable bonds is 11. The smallest absolute Gasteiger partial charge is 0.317 e. The van der Waals surface area contributed by atoms with Gasteiger partial charge in [-0.3, -0.25) is 34.0 Å². The minimum Gasteiger partial charge on any atom is -0.480 e. The van der Waals surface area contributed by atoms with E-state index >= 15 is 0 Å². The van der Waals surface area contributed by atoms with E-state index in [9.17, 15) is 29.7 Å². The van der Waals surface area contributed by atoms with Crippen LogP contribution in [0.2, 0.25) is 0 Å². The molecule has 4 N–H and O–H groups in total. The third-order valence-corrected chi connectivity index (χ3v) is 5.37. The van der Waals surface area contributed by atoms with Crippen LogP contribution in [0.4, 0.5) is 0 Å². The van der Waals surface area contributed by atoms with Crippen LogP contribution < -0.4 is 0 Å². The van der Waals surface area contributed by atoms with Crippen molar-refractivity contribution in [2.24, 2.45) is 0 Å². The van der Waals surface area contributed by atoms with Gasteiger partial charge in [0, 0.05) is 58.9 Å². The van der Waals surface area contributed by atoms with Gasteiger partial charge in [0.05, 0.1) is 25.7 Å². The third kappa shape index (κ3) is 13.3. The van der Waals surface area contributed by atoms with E-state index in [-0.39, 0.29) is 19.6 Å². The Hall–Kier alpha value is -1.79. The minimum absolute atomic E-state index is 0.141. The second-order valence-electron chi connectivity index (χ2n) is 8.11. The first-order valence-corrected chi connectivity index (χ1v) is 10.9. The zero-order valence-electron chi connectivity index (χ0n) is 18.5.